The van der Waals surface area contributed by atoms with Crippen molar-refractivity contribution in [2.75, 3.05) is 9.80 Å². The van der Waals surface area contributed by atoms with E-state index in [4.69, 9.17) is 0 Å². The van der Waals surface area contributed by atoms with E-state index >= 15 is 0 Å². The van der Waals surface area contributed by atoms with Crippen LogP contribution >= 0.6 is 0 Å². The number of fused-ring (bicyclic) bond motifs is 19. The molecule has 3 heterocycles. The lowest BCUT2D eigenvalue weighted by Gasteiger charge is -2.44. The highest BCUT2D eigenvalue weighted by atomic mass is 15.2. The number of hydrogen-bond acceptors (Lipinski definition) is 2. The molecular formula is C80H60BN3. The number of hydrogen-bond donors (Lipinski definition) is 0. The van der Waals surface area contributed by atoms with Gasteiger partial charge in [-0.1, -0.05) is 217 Å². The molecule has 0 N–H and O–H groups in total. The minimum atomic E-state index is -0.0938. The van der Waals surface area contributed by atoms with Gasteiger partial charge < -0.3 is 14.4 Å². The molecule has 0 saturated carbocycles. The first-order chi connectivity index (χ1) is 40.9. The summed E-state index contributed by atoms with van der Waals surface area (Å²) in [7, 11) is 0. The lowest BCUT2D eigenvalue weighted by atomic mass is 9.33. The predicted molar refractivity (Wildman–Crippen MR) is 363 cm³/mol. The number of anilines is 6. The van der Waals surface area contributed by atoms with Crippen LogP contribution in [-0.4, -0.2) is 11.3 Å². The van der Waals surface area contributed by atoms with Crippen LogP contribution in [0.5, 0.6) is 0 Å². The van der Waals surface area contributed by atoms with Crippen molar-refractivity contribution in [3.05, 3.63) is 266 Å². The summed E-state index contributed by atoms with van der Waals surface area (Å²) in [6, 6.07) is 97.1. The SMILES string of the molecule is CC(C)(C)c1ccc2c(c1)c1cc(C(C)(C)C)ccc1n2-c1ccc2c(c1)N(c1ccc3c4ccccc4c4ccccc4c3c1)c1cccc3c1B2c1cc(-c2ccccc2)ccc1N3c1ccc2c3ccccc3c3ccccc3c2c1. The van der Waals surface area contributed by atoms with Crippen LogP contribution in [0.2, 0.25) is 0 Å². The third-order valence-corrected chi connectivity index (χ3v) is 18.8. The highest BCUT2D eigenvalue weighted by molar-refractivity contribution is 7.00. The summed E-state index contributed by atoms with van der Waals surface area (Å²) >= 11 is 0. The Morgan fingerprint density at radius 1 is 0.262 bits per heavy atom. The first-order valence-electron chi connectivity index (χ1n) is 29.8. The van der Waals surface area contributed by atoms with Gasteiger partial charge in [0.05, 0.1) is 11.0 Å². The van der Waals surface area contributed by atoms with Crippen LogP contribution in [0.15, 0.2) is 255 Å². The molecule has 14 aromatic carbocycles. The molecule has 0 saturated heterocycles. The molecule has 0 radical (unpaired) electrons. The van der Waals surface area contributed by atoms with E-state index in [-0.39, 0.29) is 17.5 Å². The number of aromatic nitrogens is 1. The monoisotopic (exact) mass is 1070 g/mol. The zero-order chi connectivity index (χ0) is 56.3. The maximum absolute atomic E-state index is 2.60. The normalized spacial score (nSPS) is 13.3. The molecule has 1 aromatic heterocycles. The minimum Gasteiger partial charge on any atom is -0.311 e. The quantitative estimate of drug-likeness (QED) is 0.129. The summed E-state index contributed by atoms with van der Waals surface area (Å²) in [6.45, 7) is 13.8. The number of rotatable bonds is 4. The molecule has 0 atom stereocenters. The average molecular weight is 1070 g/mol. The third kappa shape index (κ3) is 7.13. The summed E-state index contributed by atoms with van der Waals surface area (Å²) in [5, 5.41) is 17.7. The fourth-order valence-electron chi connectivity index (χ4n) is 14.7. The van der Waals surface area contributed by atoms with Gasteiger partial charge in [-0.3, -0.25) is 0 Å². The molecule has 4 heteroatoms. The van der Waals surface area contributed by atoms with Crippen LogP contribution in [0, 0.1) is 0 Å². The zero-order valence-electron chi connectivity index (χ0n) is 48.2. The second-order valence-electron chi connectivity index (χ2n) is 25.6. The Hall–Kier alpha value is -9.90. The highest BCUT2D eigenvalue weighted by Gasteiger charge is 2.44. The molecule has 0 unspecified atom stereocenters. The van der Waals surface area contributed by atoms with Crippen molar-refractivity contribution in [2.45, 2.75) is 52.4 Å². The predicted octanol–water partition coefficient (Wildman–Crippen LogP) is 20.0. The van der Waals surface area contributed by atoms with Crippen molar-refractivity contribution in [2.24, 2.45) is 0 Å². The molecule has 17 rings (SSSR count). The molecule has 2 aliphatic heterocycles. The molecule has 0 amide bonds. The van der Waals surface area contributed by atoms with Crippen molar-refractivity contribution in [3.63, 3.8) is 0 Å². The van der Waals surface area contributed by atoms with Gasteiger partial charge in [-0.2, -0.15) is 0 Å². The van der Waals surface area contributed by atoms with Crippen LogP contribution in [-0.2, 0) is 10.8 Å². The van der Waals surface area contributed by atoms with E-state index in [1.54, 1.807) is 0 Å². The smallest absolute Gasteiger partial charge is 0.252 e. The lowest BCUT2D eigenvalue weighted by molar-refractivity contribution is 0.590. The fourth-order valence-corrected chi connectivity index (χ4v) is 14.7. The molecule has 84 heavy (non-hydrogen) atoms. The van der Waals surface area contributed by atoms with Crippen LogP contribution < -0.4 is 26.2 Å². The van der Waals surface area contributed by atoms with E-state index in [0.717, 1.165) is 17.1 Å². The first kappa shape index (κ1) is 48.8. The summed E-state index contributed by atoms with van der Waals surface area (Å²) in [5.41, 5.74) is 19.4. The second-order valence-corrected chi connectivity index (χ2v) is 25.6. The standard InChI is InChI=1S/C80H60BN3/c1-79(2,3)51-32-41-72-68(44-51)69-45-52(80(4,5)6)33-42-73(69)82(72)55-36-39-70-77(48-55)84(54-35-38-65-61-26-13-11-22-57(61)59-24-15-17-28-63(59)67(65)47-54)76-30-18-29-75-78(76)81(70)71-43-50(49-19-8-7-9-20-49)31-40-74(71)83(75)53-34-37-64-60-25-12-10-21-56(60)58-23-14-16-27-62(58)66(64)46-53/h7-48H,1-6H3. The van der Waals surface area contributed by atoms with E-state index in [2.05, 4.69) is 311 Å². The van der Waals surface area contributed by atoms with E-state index in [1.807, 2.05) is 0 Å². The van der Waals surface area contributed by atoms with Gasteiger partial charge in [0.15, 0.2) is 0 Å². The van der Waals surface area contributed by atoms with E-state index in [1.165, 1.54) is 148 Å². The molecule has 0 fully saturated rings. The Balaban J connectivity index is 0.961. The molecular weight excluding hydrogens is 1010 g/mol. The van der Waals surface area contributed by atoms with Crippen molar-refractivity contribution < 1.29 is 0 Å². The molecule has 3 nitrogen and oxygen atoms in total. The number of nitrogens with zero attached hydrogens (tertiary/aromatic N) is 3. The second kappa shape index (κ2) is 17.8. The van der Waals surface area contributed by atoms with Gasteiger partial charge in [-0.25, -0.2) is 0 Å². The first-order valence-corrected chi connectivity index (χ1v) is 29.8. The fraction of sp³-hybridized carbons (Fsp3) is 0.100. The maximum atomic E-state index is 2.60. The van der Waals surface area contributed by atoms with Crippen molar-refractivity contribution >= 4 is 144 Å². The Morgan fingerprint density at radius 3 is 1.17 bits per heavy atom. The highest BCUT2D eigenvalue weighted by Crippen LogP contribution is 2.49. The van der Waals surface area contributed by atoms with Gasteiger partial charge in [0.2, 0.25) is 0 Å². The minimum absolute atomic E-state index is 0.00982. The summed E-state index contributed by atoms with van der Waals surface area (Å²) < 4.78 is 2.53. The third-order valence-electron chi connectivity index (χ3n) is 18.8. The van der Waals surface area contributed by atoms with Crippen molar-refractivity contribution in [1.82, 2.24) is 4.57 Å². The van der Waals surface area contributed by atoms with Gasteiger partial charge in [0.1, 0.15) is 0 Å². The number of benzene rings is 14. The summed E-state index contributed by atoms with van der Waals surface area (Å²) in [6.07, 6.45) is 0. The largest absolute Gasteiger partial charge is 0.311 e. The van der Waals surface area contributed by atoms with Gasteiger partial charge >= 0.3 is 0 Å². The summed E-state index contributed by atoms with van der Waals surface area (Å²) in [5.74, 6) is 0. The van der Waals surface area contributed by atoms with Gasteiger partial charge in [0.25, 0.3) is 6.71 Å². The Kier molecular flexibility index (Phi) is 10.3. The van der Waals surface area contributed by atoms with Crippen molar-refractivity contribution in [3.8, 4) is 16.8 Å². The van der Waals surface area contributed by atoms with Crippen LogP contribution in [0.25, 0.3) is 103 Å². The Labute approximate surface area is 490 Å². The van der Waals surface area contributed by atoms with E-state index in [9.17, 15) is 0 Å². The van der Waals surface area contributed by atoms with Crippen LogP contribution in [0.4, 0.5) is 34.1 Å². The topological polar surface area (TPSA) is 11.4 Å². The van der Waals surface area contributed by atoms with Crippen LogP contribution in [0.3, 0.4) is 0 Å². The summed E-state index contributed by atoms with van der Waals surface area (Å²) in [4.78, 5) is 5.17. The van der Waals surface area contributed by atoms with Crippen LogP contribution in [0.1, 0.15) is 52.7 Å². The molecule has 0 spiro atoms. The molecule has 0 bridgehead atoms. The molecule has 398 valence electrons. The van der Waals surface area contributed by atoms with E-state index < -0.39 is 0 Å². The Bertz CT molecular complexity index is 5160. The molecule has 0 aliphatic carbocycles. The molecule has 2 aliphatic rings. The molecule has 15 aromatic rings. The van der Waals surface area contributed by atoms with Crippen molar-refractivity contribution in [1.29, 1.82) is 0 Å². The van der Waals surface area contributed by atoms with Gasteiger partial charge in [-0.05, 0) is 193 Å². The zero-order valence-corrected chi connectivity index (χ0v) is 48.2. The lowest BCUT2D eigenvalue weighted by Crippen LogP contribution is -2.61. The maximum Gasteiger partial charge on any atom is 0.252 e. The average Bonchev–Trinajstić information content (AvgIpc) is 0.767. The van der Waals surface area contributed by atoms with Gasteiger partial charge in [-0.15, -0.1) is 0 Å². The van der Waals surface area contributed by atoms with Gasteiger partial charge in [0, 0.05) is 50.6 Å². The van der Waals surface area contributed by atoms with E-state index in [0.29, 0.717) is 0 Å². The Morgan fingerprint density at radius 2 is 0.690 bits per heavy atom.